The molecule has 0 saturated carbocycles. The summed E-state index contributed by atoms with van der Waals surface area (Å²) in [6.07, 6.45) is 1.62. The number of fused-ring (bicyclic) bond motifs is 1. The second kappa shape index (κ2) is 13.6. The Hall–Kier alpha value is -5.73. The molecule has 0 bridgehead atoms. The fourth-order valence-electron chi connectivity index (χ4n) is 6.42. The molecule has 1 aliphatic heterocycles. The number of ether oxygens (including phenoxy) is 2. The molecular formula is C42H37N3O4S. The molecule has 0 aliphatic carbocycles. The first-order valence-electron chi connectivity index (χ1n) is 16.5. The summed E-state index contributed by atoms with van der Waals surface area (Å²) in [6.45, 7) is 7.49. The Kier molecular flexibility index (Phi) is 8.95. The third kappa shape index (κ3) is 6.14. The van der Waals surface area contributed by atoms with Gasteiger partial charge in [0.1, 0.15) is 5.75 Å². The van der Waals surface area contributed by atoms with E-state index in [4.69, 9.17) is 14.5 Å². The first-order chi connectivity index (χ1) is 24.2. The summed E-state index contributed by atoms with van der Waals surface area (Å²) in [6, 6.07) is 37.8. The number of benzene rings is 4. The lowest BCUT2D eigenvalue weighted by Crippen LogP contribution is -2.40. The molecule has 250 valence electrons. The Labute approximate surface area is 294 Å². The zero-order chi connectivity index (χ0) is 34.9. The molecule has 0 spiro atoms. The van der Waals surface area contributed by atoms with Crippen LogP contribution < -0.4 is 19.6 Å². The second-order valence-electron chi connectivity index (χ2n) is 12.5. The first-order valence-corrected chi connectivity index (χ1v) is 17.4. The van der Waals surface area contributed by atoms with Crippen molar-refractivity contribution >= 4 is 23.4 Å². The van der Waals surface area contributed by atoms with Crippen LogP contribution in [0.5, 0.6) is 5.75 Å². The first kappa shape index (κ1) is 32.8. The highest BCUT2D eigenvalue weighted by molar-refractivity contribution is 7.07. The van der Waals surface area contributed by atoms with E-state index in [1.807, 2.05) is 80.6 Å². The lowest BCUT2D eigenvalue weighted by atomic mass is 9.96. The zero-order valence-electron chi connectivity index (χ0n) is 28.6. The molecule has 1 aliphatic rings. The Morgan fingerprint density at radius 1 is 0.860 bits per heavy atom. The van der Waals surface area contributed by atoms with E-state index in [0.717, 1.165) is 39.3 Å². The fourth-order valence-corrected chi connectivity index (χ4v) is 7.46. The summed E-state index contributed by atoms with van der Waals surface area (Å²) in [5.41, 5.74) is 8.47. The largest absolute Gasteiger partial charge is 0.497 e. The number of rotatable bonds is 8. The molecule has 6 aromatic rings. The van der Waals surface area contributed by atoms with Crippen LogP contribution in [0, 0.1) is 6.92 Å². The maximum atomic E-state index is 14.6. The van der Waals surface area contributed by atoms with Crippen molar-refractivity contribution < 1.29 is 14.3 Å². The molecule has 4 aromatic carbocycles. The van der Waals surface area contributed by atoms with Crippen LogP contribution >= 0.6 is 11.3 Å². The molecular weight excluding hydrogens is 643 g/mol. The average Bonchev–Trinajstić information content (AvgIpc) is 3.65. The highest BCUT2D eigenvalue weighted by Gasteiger charge is 2.34. The number of allylic oxidation sites excluding steroid dienone is 1. The maximum Gasteiger partial charge on any atom is 0.338 e. The number of hydrogen-bond donors (Lipinski definition) is 0. The summed E-state index contributed by atoms with van der Waals surface area (Å²) >= 11 is 1.31. The van der Waals surface area contributed by atoms with E-state index in [9.17, 15) is 9.59 Å². The molecule has 0 radical (unpaired) electrons. The Bertz CT molecular complexity index is 2400. The Morgan fingerprint density at radius 3 is 2.12 bits per heavy atom. The van der Waals surface area contributed by atoms with Crippen molar-refractivity contribution in [3.05, 3.63) is 163 Å². The minimum absolute atomic E-state index is 0.236. The van der Waals surface area contributed by atoms with Crippen molar-refractivity contribution in [3.63, 3.8) is 0 Å². The van der Waals surface area contributed by atoms with E-state index in [1.165, 1.54) is 16.9 Å². The van der Waals surface area contributed by atoms with Gasteiger partial charge in [0.25, 0.3) is 5.56 Å². The number of esters is 1. The van der Waals surface area contributed by atoms with Gasteiger partial charge in [-0.1, -0.05) is 102 Å². The minimum Gasteiger partial charge on any atom is -0.497 e. The van der Waals surface area contributed by atoms with Crippen molar-refractivity contribution in [2.24, 2.45) is 4.99 Å². The van der Waals surface area contributed by atoms with Crippen molar-refractivity contribution in [3.8, 4) is 34.0 Å². The monoisotopic (exact) mass is 679 g/mol. The maximum absolute atomic E-state index is 14.6. The lowest BCUT2D eigenvalue weighted by molar-refractivity contribution is -0.143. The van der Waals surface area contributed by atoms with Crippen LogP contribution in [-0.2, 0) is 9.53 Å². The summed E-state index contributed by atoms with van der Waals surface area (Å²) < 4.78 is 15.5. The average molecular weight is 680 g/mol. The number of hydrogen-bond acceptors (Lipinski definition) is 6. The Morgan fingerprint density at radius 2 is 1.50 bits per heavy atom. The second-order valence-corrected chi connectivity index (χ2v) is 13.6. The quantitative estimate of drug-likeness (QED) is 0.155. The van der Waals surface area contributed by atoms with Gasteiger partial charge < -0.3 is 14.0 Å². The highest BCUT2D eigenvalue weighted by atomic mass is 32.1. The van der Waals surface area contributed by atoms with Gasteiger partial charge in [-0.3, -0.25) is 9.36 Å². The molecule has 1 atom stereocenters. The number of aromatic nitrogens is 2. The number of methoxy groups -OCH3 is 1. The Balaban J connectivity index is 1.49. The number of thiazole rings is 1. The number of carbonyl (C=O) groups excluding carboxylic acids is 1. The molecule has 2 aromatic heterocycles. The molecule has 0 unspecified atom stereocenters. The lowest BCUT2D eigenvalue weighted by Gasteiger charge is -2.25. The van der Waals surface area contributed by atoms with Crippen LogP contribution in [0.3, 0.4) is 0 Å². The SMILES string of the molecule is COc1ccc([C@@H]2C(C(=O)OC(C)C)=C(C)N=c3s/c(=C/c4cc(-c5ccccc5)n(-c5ccc(C)cc5)c4-c4ccccc4)c(=O)n32)cc1. The normalized spacial score (nSPS) is 14.4. The van der Waals surface area contributed by atoms with Crippen LogP contribution in [-0.4, -0.2) is 28.3 Å². The molecule has 0 amide bonds. The van der Waals surface area contributed by atoms with Gasteiger partial charge in [-0.25, -0.2) is 9.79 Å². The van der Waals surface area contributed by atoms with Gasteiger partial charge in [-0.15, -0.1) is 0 Å². The number of carbonyl (C=O) groups is 1. The molecule has 3 heterocycles. The van der Waals surface area contributed by atoms with Crippen LogP contribution in [0.2, 0.25) is 0 Å². The predicted octanol–water partition coefficient (Wildman–Crippen LogP) is 7.63. The zero-order valence-corrected chi connectivity index (χ0v) is 29.4. The summed E-state index contributed by atoms with van der Waals surface area (Å²) in [5.74, 6) is 0.180. The topological polar surface area (TPSA) is 74.8 Å². The smallest absolute Gasteiger partial charge is 0.338 e. The minimum atomic E-state index is -0.726. The van der Waals surface area contributed by atoms with Crippen molar-refractivity contribution in [1.29, 1.82) is 0 Å². The van der Waals surface area contributed by atoms with Gasteiger partial charge in [0.2, 0.25) is 0 Å². The van der Waals surface area contributed by atoms with E-state index < -0.39 is 12.0 Å². The molecule has 7 rings (SSSR count). The number of nitrogens with zero attached hydrogens (tertiary/aromatic N) is 3. The van der Waals surface area contributed by atoms with Gasteiger partial charge in [0.05, 0.1) is 46.4 Å². The van der Waals surface area contributed by atoms with Gasteiger partial charge in [0.15, 0.2) is 4.80 Å². The standard InChI is InChI=1S/C42H37N3O4S/c1-26(2)49-41(47)37-28(4)43-42-45(39(37)31-18-22-34(48-5)23-19-31)40(46)36(50-42)25-32-24-35(29-12-8-6-9-13-29)44(33-20-16-27(3)17-21-33)38(32)30-14-10-7-11-15-30/h6-26,39H,1-5H3/b36-25+/t39-/m1/s1. The van der Waals surface area contributed by atoms with E-state index in [0.29, 0.717) is 26.4 Å². The van der Waals surface area contributed by atoms with Crippen LogP contribution in [0.25, 0.3) is 34.3 Å². The summed E-state index contributed by atoms with van der Waals surface area (Å²) in [4.78, 5) is 33.5. The summed E-state index contributed by atoms with van der Waals surface area (Å²) in [5, 5.41) is 0. The van der Waals surface area contributed by atoms with Gasteiger partial charge in [-0.05, 0) is 80.8 Å². The molecule has 0 saturated heterocycles. The van der Waals surface area contributed by atoms with Crippen LogP contribution in [0.4, 0.5) is 0 Å². The molecule has 7 nitrogen and oxygen atoms in total. The van der Waals surface area contributed by atoms with E-state index in [1.54, 1.807) is 18.6 Å². The van der Waals surface area contributed by atoms with Crippen molar-refractivity contribution in [1.82, 2.24) is 9.13 Å². The van der Waals surface area contributed by atoms with Crippen molar-refractivity contribution in [2.75, 3.05) is 7.11 Å². The van der Waals surface area contributed by atoms with Crippen LogP contribution in [0.1, 0.15) is 43.5 Å². The fraction of sp³-hybridized carbons (Fsp3) is 0.167. The van der Waals surface area contributed by atoms with E-state index in [-0.39, 0.29) is 11.7 Å². The predicted molar refractivity (Wildman–Crippen MR) is 199 cm³/mol. The number of aryl methyl sites for hydroxylation is 1. The van der Waals surface area contributed by atoms with E-state index >= 15 is 0 Å². The third-order valence-electron chi connectivity index (χ3n) is 8.74. The van der Waals surface area contributed by atoms with Crippen molar-refractivity contribution in [2.45, 2.75) is 39.8 Å². The molecule has 0 fully saturated rings. The molecule has 0 N–H and O–H groups in total. The van der Waals surface area contributed by atoms with Gasteiger partial charge >= 0.3 is 5.97 Å². The molecule has 50 heavy (non-hydrogen) atoms. The van der Waals surface area contributed by atoms with Crippen LogP contribution in [0.15, 0.2) is 136 Å². The highest BCUT2D eigenvalue weighted by Crippen LogP contribution is 2.37. The summed E-state index contributed by atoms with van der Waals surface area (Å²) in [7, 11) is 1.60. The third-order valence-corrected chi connectivity index (χ3v) is 9.72. The van der Waals surface area contributed by atoms with E-state index in [2.05, 4.69) is 66.1 Å². The molecule has 8 heteroatoms. The van der Waals surface area contributed by atoms with Gasteiger partial charge in [-0.2, -0.15) is 0 Å². The van der Waals surface area contributed by atoms with Gasteiger partial charge in [0, 0.05) is 11.3 Å².